The maximum absolute atomic E-state index is 11.2. The van der Waals surface area contributed by atoms with Gasteiger partial charge in [0.25, 0.3) is 5.91 Å². The van der Waals surface area contributed by atoms with E-state index in [0.717, 1.165) is 0 Å². The van der Waals surface area contributed by atoms with Crippen LogP contribution in [0.4, 0.5) is 5.82 Å². The Hall–Kier alpha value is -2.29. The molecule has 0 saturated carbocycles. The summed E-state index contributed by atoms with van der Waals surface area (Å²) in [4.78, 5) is 15.0. The topological polar surface area (TPSA) is 101 Å². The molecule has 0 spiro atoms. The monoisotopic (exact) mass is 220 g/mol. The number of hydrogen-bond acceptors (Lipinski definition) is 5. The highest BCUT2D eigenvalue weighted by Crippen LogP contribution is 2.16. The zero-order valence-electron chi connectivity index (χ0n) is 8.64. The number of pyridine rings is 1. The molecule has 0 aliphatic rings. The van der Waals surface area contributed by atoms with Crippen LogP contribution < -0.4 is 15.8 Å². The molecule has 16 heavy (non-hydrogen) atoms. The molecule has 1 amide bonds. The van der Waals surface area contributed by atoms with E-state index in [-0.39, 0.29) is 24.8 Å². The number of anilines is 1. The highest BCUT2D eigenvalue weighted by atomic mass is 16.5. The van der Waals surface area contributed by atoms with Gasteiger partial charge in [0.05, 0.1) is 12.5 Å². The smallest absolute Gasteiger partial charge is 0.257 e. The van der Waals surface area contributed by atoms with Gasteiger partial charge in [-0.05, 0) is 12.1 Å². The zero-order valence-corrected chi connectivity index (χ0v) is 8.64. The first-order valence-corrected chi connectivity index (χ1v) is 4.71. The van der Waals surface area contributed by atoms with Crippen LogP contribution in [0.5, 0.6) is 5.75 Å². The molecule has 0 aromatic carbocycles. The fourth-order valence-electron chi connectivity index (χ4n) is 0.977. The van der Waals surface area contributed by atoms with Crippen LogP contribution in [-0.4, -0.2) is 24.0 Å². The van der Waals surface area contributed by atoms with Crippen molar-refractivity contribution in [2.75, 3.05) is 18.9 Å². The molecule has 0 fully saturated rings. The van der Waals surface area contributed by atoms with E-state index in [2.05, 4.69) is 10.3 Å². The van der Waals surface area contributed by atoms with Crippen molar-refractivity contribution in [3.8, 4) is 11.8 Å². The van der Waals surface area contributed by atoms with Crippen molar-refractivity contribution in [3.05, 3.63) is 18.3 Å². The highest BCUT2D eigenvalue weighted by molar-refractivity contribution is 5.77. The van der Waals surface area contributed by atoms with Crippen molar-refractivity contribution in [2.24, 2.45) is 0 Å². The molecule has 1 heterocycles. The van der Waals surface area contributed by atoms with Gasteiger partial charge in [0.15, 0.2) is 18.2 Å². The van der Waals surface area contributed by atoms with Gasteiger partial charge in [-0.15, -0.1) is 0 Å². The van der Waals surface area contributed by atoms with Gasteiger partial charge in [0.2, 0.25) is 0 Å². The van der Waals surface area contributed by atoms with E-state index in [0.29, 0.717) is 12.3 Å². The van der Waals surface area contributed by atoms with Gasteiger partial charge in [-0.3, -0.25) is 4.79 Å². The largest absolute Gasteiger partial charge is 0.480 e. The average Bonchev–Trinajstić information content (AvgIpc) is 2.28. The molecule has 0 unspecified atom stereocenters. The molecule has 1 rings (SSSR count). The van der Waals surface area contributed by atoms with E-state index in [9.17, 15) is 4.79 Å². The summed E-state index contributed by atoms with van der Waals surface area (Å²) in [7, 11) is 0. The number of rotatable bonds is 5. The third kappa shape index (κ3) is 3.84. The first-order chi connectivity index (χ1) is 7.74. The molecule has 0 aliphatic carbocycles. The Morgan fingerprint density at radius 3 is 3.19 bits per heavy atom. The predicted molar refractivity (Wildman–Crippen MR) is 57.4 cm³/mol. The van der Waals surface area contributed by atoms with Crippen LogP contribution in [-0.2, 0) is 4.79 Å². The SMILES string of the molecule is N#CCCNC(=O)COc1cccnc1N. The van der Waals surface area contributed by atoms with Crippen LogP contribution in [0.1, 0.15) is 6.42 Å². The van der Waals surface area contributed by atoms with E-state index in [4.69, 9.17) is 15.7 Å². The van der Waals surface area contributed by atoms with Gasteiger partial charge in [0.1, 0.15) is 0 Å². The summed E-state index contributed by atoms with van der Waals surface area (Å²) in [5.74, 6) is 0.323. The lowest BCUT2D eigenvalue weighted by Crippen LogP contribution is -2.29. The van der Waals surface area contributed by atoms with Crippen molar-refractivity contribution >= 4 is 11.7 Å². The maximum atomic E-state index is 11.2. The van der Waals surface area contributed by atoms with E-state index in [1.807, 2.05) is 6.07 Å². The Bertz CT molecular complexity index is 400. The highest BCUT2D eigenvalue weighted by Gasteiger charge is 2.04. The van der Waals surface area contributed by atoms with E-state index in [1.165, 1.54) is 6.20 Å². The van der Waals surface area contributed by atoms with Gasteiger partial charge in [-0.25, -0.2) is 4.98 Å². The summed E-state index contributed by atoms with van der Waals surface area (Å²) in [6, 6.07) is 5.22. The van der Waals surface area contributed by atoms with Crippen LogP contribution in [0.3, 0.4) is 0 Å². The number of nitrogens with two attached hydrogens (primary N) is 1. The molecule has 6 heteroatoms. The third-order valence-corrected chi connectivity index (χ3v) is 1.72. The molecule has 1 aromatic rings. The summed E-state index contributed by atoms with van der Waals surface area (Å²) in [6.45, 7) is 0.183. The minimum Gasteiger partial charge on any atom is -0.480 e. The standard InChI is InChI=1S/C10H12N4O2/c11-4-2-6-13-9(15)7-16-8-3-1-5-14-10(8)12/h1,3,5H,2,6-7H2,(H2,12,14)(H,13,15). The molecule has 6 nitrogen and oxygen atoms in total. The quantitative estimate of drug-likeness (QED) is 0.684. The van der Waals surface area contributed by atoms with Gasteiger partial charge in [0, 0.05) is 12.7 Å². The Kier molecular flexibility index (Phi) is 4.60. The lowest BCUT2D eigenvalue weighted by atomic mass is 10.4. The minimum atomic E-state index is -0.293. The summed E-state index contributed by atoms with van der Waals surface area (Å²) < 4.78 is 5.15. The lowest BCUT2D eigenvalue weighted by Gasteiger charge is -2.07. The number of nitrogens with one attached hydrogen (secondary N) is 1. The number of nitrogens with zero attached hydrogens (tertiary/aromatic N) is 2. The molecular weight excluding hydrogens is 208 g/mol. The molecule has 1 aromatic heterocycles. The van der Waals surface area contributed by atoms with Crippen molar-refractivity contribution in [2.45, 2.75) is 6.42 Å². The lowest BCUT2D eigenvalue weighted by molar-refractivity contribution is -0.123. The van der Waals surface area contributed by atoms with Crippen molar-refractivity contribution in [1.82, 2.24) is 10.3 Å². The predicted octanol–water partition coefficient (Wildman–Crippen LogP) is 0.0725. The third-order valence-electron chi connectivity index (χ3n) is 1.72. The van der Waals surface area contributed by atoms with Crippen LogP contribution in [0.15, 0.2) is 18.3 Å². The van der Waals surface area contributed by atoms with Gasteiger partial charge in [-0.1, -0.05) is 0 Å². The average molecular weight is 220 g/mol. The summed E-state index contributed by atoms with van der Waals surface area (Å²) in [5.41, 5.74) is 5.52. The number of hydrogen-bond donors (Lipinski definition) is 2. The number of aromatic nitrogens is 1. The maximum Gasteiger partial charge on any atom is 0.257 e. The molecular formula is C10H12N4O2. The summed E-state index contributed by atoms with van der Waals surface area (Å²) in [5, 5.41) is 10.8. The second-order valence-electron chi connectivity index (χ2n) is 2.93. The fourth-order valence-corrected chi connectivity index (χ4v) is 0.977. The summed E-state index contributed by atoms with van der Waals surface area (Å²) >= 11 is 0. The van der Waals surface area contributed by atoms with Crippen molar-refractivity contribution in [3.63, 3.8) is 0 Å². The number of ether oxygens (including phenoxy) is 1. The molecule has 0 saturated heterocycles. The Labute approximate surface area is 93.0 Å². The zero-order chi connectivity index (χ0) is 11.8. The number of nitrogen functional groups attached to an aromatic ring is 1. The molecule has 0 radical (unpaired) electrons. The number of carbonyl (C=O) groups is 1. The molecule has 84 valence electrons. The van der Waals surface area contributed by atoms with Gasteiger partial charge in [-0.2, -0.15) is 5.26 Å². The van der Waals surface area contributed by atoms with Crippen LogP contribution in [0, 0.1) is 11.3 Å². The number of amides is 1. The number of nitriles is 1. The molecule has 3 N–H and O–H groups in total. The molecule has 0 aliphatic heterocycles. The van der Waals surface area contributed by atoms with Crippen molar-refractivity contribution in [1.29, 1.82) is 5.26 Å². The van der Waals surface area contributed by atoms with Crippen LogP contribution in [0.25, 0.3) is 0 Å². The van der Waals surface area contributed by atoms with E-state index >= 15 is 0 Å². The fraction of sp³-hybridized carbons (Fsp3) is 0.300. The van der Waals surface area contributed by atoms with Gasteiger partial charge >= 0.3 is 0 Å². The second kappa shape index (κ2) is 6.24. The Morgan fingerprint density at radius 1 is 1.69 bits per heavy atom. The van der Waals surface area contributed by atoms with Crippen LogP contribution in [0.2, 0.25) is 0 Å². The first kappa shape index (κ1) is 11.8. The van der Waals surface area contributed by atoms with Crippen LogP contribution >= 0.6 is 0 Å². The van der Waals surface area contributed by atoms with E-state index in [1.54, 1.807) is 12.1 Å². The van der Waals surface area contributed by atoms with E-state index < -0.39 is 0 Å². The van der Waals surface area contributed by atoms with Crippen molar-refractivity contribution < 1.29 is 9.53 Å². The van der Waals surface area contributed by atoms with Gasteiger partial charge < -0.3 is 15.8 Å². The first-order valence-electron chi connectivity index (χ1n) is 4.71. The Balaban J connectivity index is 2.32. The second-order valence-corrected chi connectivity index (χ2v) is 2.93. The molecule has 0 atom stereocenters. The Morgan fingerprint density at radius 2 is 2.50 bits per heavy atom. The summed E-state index contributed by atoms with van der Waals surface area (Å²) in [6.07, 6.45) is 1.82. The normalized spacial score (nSPS) is 9.19. The number of carbonyl (C=O) groups excluding carboxylic acids is 1. The minimum absolute atomic E-state index is 0.138. The molecule has 0 bridgehead atoms.